The molecule has 0 atom stereocenters. The van der Waals surface area contributed by atoms with Gasteiger partial charge < -0.3 is 9.67 Å². The number of para-hydroxylation sites is 1. The van der Waals surface area contributed by atoms with Gasteiger partial charge in [0, 0.05) is 6.54 Å². The van der Waals surface area contributed by atoms with Crippen LogP contribution in [0.1, 0.15) is 36.5 Å². The van der Waals surface area contributed by atoms with Gasteiger partial charge in [-0.05, 0) is 18.6 Å². The third-order valence-corrected chi connectivity index (χ3v) is 2.87. The number of hydrogen-bond donors (Lipinski definition) is 1. The summed E-state index contributed by atoms with van der Waals surface area (Å²) in [4.78, 5) is 15.4. The lowest BCUT2D eigenvalue weighted by atomic mass is 10.2. The lowest BCUT2D eigenvalue weighted by Gasteiger charge is -2.05. The molecule has 2 aromatic rings. The van der Waals surface area contributed by atoms with E-state index < -0.39 is 5.97 Å². The molecule has 0 saturated carbocycles. The molecule has 0 radical (unpaired) electrons. The molecule has 0 aliphatic rings. The Balaban J connectivity index is 2.39. The summed E-state index contributed by atoms with van der Waals surface area (Å²) in [6.07, 6.45) is 5.08. The second-order valence-electron chi connectivity index (χ2n) is 4.12. The van der Waals surface area contributed by atoms with Gasteiger partial charge in [-0.2, -0.15) is 0 Å². The Hall–Kier alpha value is -1.84. The number of aromatic carboxylic acids is 1. The summed E-state index contributed by atoms with van der Waals surface area (Å²) in [5.41, 5.74) is 1.81. The molecule has 90 valence electrons. The summed E-state index contributed by atoms with van der Waals surface area (Å²) in [7, 11) is 0. The number of aryl methyl sites for hydroxylation is 1. The first-order valence-electron chi connectivity index (χ1n) is 5.91. The zero-order valence-corrected chi connectivity index (χ0v) is 9.89. The van der Waals surface area contributed by atoms with Crippen molar-refractivity contribution in [2.75, 3.05) is 0 Å². The van der Waals surface area contributed by atoms with E-state index in [0.29, 0.717) is 5.56 Å². The minimum absolute atomic E-state index is 0.330. The van der Waals surface area contributed by atoms with Crippen molar-refractivity contribution in [3.8, 4) is 0 Å². The first-order valence-corrected chi connectivity index (χ1v) is 5.91. The Bertz CT molecular complexity index is 531. The van der Waals surface area contributed by atoms with Crippen LogP contribution >= 0.6 is 0 Å². The van der Waals surface area contributed by atoms with Crippen molar-refractivity contribution >= 4 is 17.0 Å². The molecule has 1 N–H and O–H groups in total. The summed E-state index contributed by atoms with van der Waals surface area (Å²) in [5.74, 6) is -0.896. The van der Waals surface area contributed by atoms with Gasteiger partial charge >= 0.3 is 5.97 Å². The minimum atomic E-state index is -0.896. The maximum Gasteiger partial charge on any atom is 0.337 e. The van der Waals surface area contributed by atoms with Crippen LogP contribution in [-0.4, -0.2) is 20.6 Å². The number of nitrogens with zero attached hydrogens (tertiary/aromatic N) is 2. The lowest BCUT2D eigenvalue weighted by molar-refractivity contribution is 0.0698. The van der Waals surface area contributed by atoms with E-state index in [0.717, 1.165) is 36.8 Å². The van der Waals surface area contributed by atoms with Gasteiger partial charge in [-0.25, -0.2) is 9.78 Å². The summed E-state index contributed by atoms with van der Waals surface area (Å²) < 4.78 is 1.94. The molecular weight excluding hydrogens is 216 g/mol. The van der Waals surface area contributed by atoms with Crippen LogP contribution < -0.4 is 0 Å². The van der Waals surface area contributed by atoms with Gasteiger partial charge in [0.15, 0.2) is 0 Å². The van der Waals surface area contributed by atoms with Gasteiger partial charge in [0.25, 0.3) is 0 Å². The van der Waals surface area contributed by atoms with Gasteiger partial charge in [0.05, 0.1) is 22.9 Å². The molecule has 0 aliphatic carbocycles. The lowest BCUT2D eigenvalue weighted by Crippen LogP contribution is -2.03. The van der Waals surface area contributed by atoms with Crippen molar-refractivity contribution in [3.63, 3.8) is 0 Å². The first-order chi connectivity index (χ1) is 8.24. The molecule has 1 heterocycles. The molecule has 0 aliphatic heterocycles. The Labute approximate surface area is 99.9 Å². The van der Waals surface area contributed by atoms with Crippen molar-refractivity contribution < 1.29 is 9.90 Å². The van der Waals surface area contributed by atoms with Gasteiger partial charge in [-0.15, -0.1) is 0 Å². The molecular formula is C13H16N2O2. The first kappa shape index (κ1) is 11.6. The maximum absolute atomic E-state index is 11.2. The number of unbranched alkanes of at least 4 members (excludes halogenated alkanes) is 2. The van der Waals surface area contributed by atoms with Crippen LogP contribution in [0.25, 0.3) is 11.0 Å². The third kappa shape index (κ3) is 2.30. The van der Waals surface area contributed by atoms with Crippen LogP contribution in [0.15, 0.2) is 24.5 Å². The molecule has 0 amide bonds. The largest absolute Gasteiger partial charge is 0.478 e. The van der Waals surface area contributed by atoms with Crippen molar-refractivity contribution in [2.45, 2.75) is 32.7 Å². The topological polar surface area (TPSA) is 55.1 Å². The van der Waals surface area contributed by atoms with Crippen LogP contribution in [0.3, 0.4) is 0 Å². The molecule has 17 heavy (non-hydrogen) atoms. The van der Waals surface area contributed by atoms with E-state index in [1.807, 2.05) is 10.6 Å². The number of rotatable bonds is 5. The molecule has 4 nitrogen and oxygen atoms in total. The molecule has 0 spiro atoms. The molecule has 2 rings (SSSR count). The summed E-state index contributed by atoms with van der Waals surface area (Å²) in [6, 6.07) is 5.20. The zero-order valence-electron chi connectivity index (χ0n) is 9.89. The Morgan fingerprint density at radius 1 is 1.41 bits per heavy atom. The highest BCUT2D eigenvalue weighted by Gasteiger charge is 2.12. The number of hydrogen-bond acceptors (Lipinski definition) is 2. The van der Waals surface area contributed by atoms with Gasteiger partial charge in [0.1, 0.15) is 0 Å². The van der Waals surface area contributed by atoms with Crippen molar-refractivity contribution in [1.82, 2.24) is 9.55 Å². The summed E-state index contributed by atoms with van der Waals surface area (Å²) in [6.45, 7) is 2.98. The second-order valence-corrected chi connectivity index (χ2v) is 4.12. The van der Waals surface area contributed by atoms with E-state index in [1.54, 1.807) is 18.5 Å². The molecule has 0 bridgehead atoms. The molecule has 4 heteroatoms. The minimum Gasteiger partial charge on any atom is -0.478 e. The predicted octanol–water partition coefficient (Wildman–Crippen LogP) is 2.92. The van der Waals surface area contributed by atoms with Gasteiger partial charge in [-0.1, -0.05) is 25.8 Å². The SMILES string of the molecule is CCCCCn1cnc2cccc(C(=O)O)c21. The van der Waals surface area contributed by atoms with Crippen LogP contribution in [0.4, 0.5) is 0 Å². The average Bonchev–Trinajstić information content (AvgIpc) is 2.73. The smallest absolute Gasteiger partial charge is 0.337 e. The maximum atomic E-state index is 11.2. The normalized spacial score (nSPS) is 10.9. The molecule has 0 fully saturated rings. The van der Waals surface area contributed by atoms with E-state index in [1.165, 1.54) is 0 Å². The van der Waals surface area contributed by atoms with Crippen molar-refractivity contribution in [3.05, 3.63) is 30.1 Å². The predicted molar refractivity (Wildman–Crippen MR) is 66.2 cm³/mol. The van der Waals surface area contributed by atoms with E-state index in [9.17, 15) is 4.79 Å². The molecule has 1 aromatic carbocycles. The second kappa shape index (κ2) is 4.99. The summed E-state index contributed by atoms with van der Waals surface area (Å²) in [5, 5.41) is 9.16. The van der Waals surface area contributed by atoms with Crippen LogP contribution in [0.2, 0.25) is 0 Å². The number of aromatic nitrogens is 2. The Kier molecular flexibility index (Phi) is 3.42. The number of imidazole rings is 1. The van der Waals surface area contributed by atoms with E-state index in [4.69, 9.17) is 5.11 Å². The molecule has 0 unspecified atom stereocenters. The van der Waals surface area contributed by atoms with Crippen molar-refractivity contribution in [2.24, 2.45) is 0 Å². The quantitative estimate of drug-likeness (QED) is 0.806. The molecule has 0 saturated heterocycles. The van der Waals surface area contributed by atoms with Gasteiger partial charge in [-0.3, -0.25) is 0 Å². The highest BCUT2D eigenvalue weighted by atomic mass is 16.4. The van der Waals surface area contributed by atoms with E-state index >= 15 is 0 Å². The van der Waals surface area contributed by atoms with Crippen LogP contribution in [-0.2, 0) is 6.54 Å². The van der Waals surface area contributed by atoms with Crippen LogP contribution in [0, 0.1) is 0 Å². The number of carboxylic acids is 1. The monoisotopic (exact) mass is 232 g/mol. The highest BCUT2D eigenvalue weighted by molar-refractivity contribution is 6.01. The number of benzene rings is 1. The van der Waals surface area contributed by atoms with E-state index in [-0.39, 0.29) is 0 Å². The fraction of sp³-hybridized carbons (Fsp3) is 0.385. The Morgan fingerprint density at radius 2 is 2.24 bits per heavy atom. The molecule has 1 aromatic heterocycles. The zero-order chi connectivity index (χ0) is 12.3. The van der Waals surface area contributed by atoms with E-state index in [2.05, 4.69) is 11.9 Å². The van der Waals surface area contributed by atoms with Crippen molar-refractivity contribution in [1.29, 1.82) is 0 Å². The van der Waals surface area contributed by atoms with Crippen LogP contribution in [0.5, 0.6) is 0 Å². The number of fused-ring (bicyclic) bond motifs is 1. The highest BCUT2D eigenvalue weighted by Crippen LogP contribution is 2.18. The fourth-order valence-corrected chi connectivity index (χ4v) is 2.00. The standard InChI is InChI=1S/C13H16N2O2/c1-2-3-4-8-15-9-14-11-7-5-6-10(12(11)15)13(16)17/h5-7,9H,2-4,8H2,1H3,(H,16,17). The Morgan fingerprint density at radius 3 is 2.94 bits per heavy atom. The summed E-state index contributed by atoms with van der Waals surface area (Å²) >= 11 is 0. The third-order valence-electron chi connectivity index (χ3n) is 2.87. The average molecular weight is 232 g/mol. The number of carboxylic acid groups (broad SMARTS) is 1. The number of carbonyl (C=O) groups is 1. The van der Waals surface area contributed by atoms with Gasteiger partial charge in [0.2, 0.25) is 0 Å². The fourth-order valence-electron chi connectivity index (χ4n) is 2.00.